The molecule has 0 aliphatic heterocycles. The van der Waals surface area contributed by atoms with Crippen molar-refractivity contribution in [3.05, 3.63) is 71.3 Å². The Balaban J connectivity index is 1.62. The van der Waals surface area contributed by atoms with Gasteiger partial charge in [-0.15, -0.1) is 0 Å². The average Bonchev–Trinajstić information content (AvgIpc) is 2.61. The number of rotatable bonds is 3. The molecule has 0 bridgehead atoms. The van der Waals surface area contributed by atoms with Crippen molar-refractivity contribution in [1.29, 1.82) is 0 Å². The van der Waals surface area contributed by atoms with Crippen molar-refractivity contribution in [2.45, 2.75) is 45.2 Å². The number of nitrogens with one attached hydrogen (secondary N) is 1. The maximum absolute atomic E-state index is 3.74. The molecule has 1 heteroatoms. The summed E-state index contributed by atoms with van der Waals surface area (Å²) < 4.78 is 0. The average molecular weight is 303 g/mol. The molecule has 23 heavy (non-hydrogen) atoms. The highest BCUT2D eigenvalue weighted by Gasteiger charge is 2.22. The highest BCUT2D eigenvalue weighted by molar-refractivity contribution is 5.34. The lowest BCUT2D eigenvalue weighted by Crippen LogP contribution is -2.37. The van der Waals surface area contributed by atoms with Crippen LogP contribution in [0.2, 0.25) is 0 Å². The zero-order chi connectivity index (χ0) is 15.9. The van der Waals surface area contributed by atoms with Crippen LogP contribution in [0.25, 0.3) is 0 Å². The minimum Gasteiger partial charge on any atom is -0.309 e. The molecule has 3 rings (SSSR count). The first kappa shape index (κ1) is 15.8. The van der Waals surface area contributed by atoms with Crippen LogP contribution >= 0.6 is 0 Å². The number of benzene rings is 2. The first-order valence-corrected chi connectivity index (χ1v) is 8.67. The molecule has 118 valence electrons. The molecule has 2 aromatic rings. The van der Waals surface area contributed by atoms with Gasteiger partial charge >= 0.3 is 0 Å². The number of hydrogen-bond donors (Lipinski definition) is 1. The van der Waals surface area contributed by atoms with Crippen molar-refractivity contribution in [3.8, 4) is 11.8 Å². The Morgan fingerprint density at radius 3 is 2.48 bits per heavy atom. The van der Waals surface area contributed by atoms with Crippen molar-refractivity contribution in [2.75, 3.05) is 0 Å². The molecule has 0 unspecified atom stereocenters. The summed E-state index contributed by atoms with van der Waals surface area (Å²) in [6, 6.07) is 19.6. The van der Waals surface area contributed by atoms with E-state index in [4.69, 9.17) is 0 Å². The van der Waals surface area contributed by atoms with Crippen LogP contribution in [-0.2, 0) is 6.54 Å². The van der Waals surface area contributed by atoms with Gasteiger partial charge in [0.15, 0.2) is 0 Å². The van der Waals surface area contributed by atoms with Crippen LogP contribution in [0.3, 0.4) is 0 Å². The van der Waals surface area contributed by atoms with Gasteiger partial charge in [-0.25, -0.2) is 0 Å². The van der Waals surface area contributed by atoms with E-state index in [-0.39, 0.29) is 0 Å². The van der Waals surface area contributed by atoms with Gasteiger partial charge in [-0.3, -0.25) is 0 Å². The van der Waals surface area contributed by atoms with E-state index in [0.717, 1.165) is 12.1 Å². The second-order valence-electron chi connectivity index (χ2n) is 6.50. The minimum absolute atomic E-state index is 0.467. The lowest BCUT2D eigenvalue weighted by molar-refractivity contribution is 0.313. The third kappa shape index (κ3) is 4.71. The molecule has 2 atom stereocenters. The topological polar surface area (TPSA) is 12.0 Å². The van der Waals surface area contributed by atoms with Gasteiger partial charge in [0.05, 0.1) is 0 Å². The molecule has 1 aliphatic carbocycles. The Labute approximate surface area is 140 Å². The molecule has 1 aliphatic rings. The molecule has 2 aromatic carbocycles. The molecule has 0 saturated heterocycles. The zero-order valence-electron chi connectivity index (χ0n) is 13.9. The lowest BCUT2D eigenvalue weighted by atomic mass is 9.84. The van der Waals surface area contributed by atoms with Gasteiger partial charge in [-0.1, -0.05) is 72.7 Å². The van der Waals surface area contributed by atoms with E-state index in [1.54, 1.807) is 0 Å². The summed E-state index contributed by atoms with van der Waals surface area (Å²) in [6.45, 7) is 3.07. The molecular formula is C22H25N. The molecule has 1 saturated carbocycles. The maximum atomic E-state index is 3.74. The summed E-state index contributed by atoms with van der Waals surface area (Å²) in [6.07, 6.45) is 5.07. The number of aryl methyl sites for hydroxylation is 1. The summed E-state index contributed by atoms with van der Waals surface area (Å²) in [5, 5.41) is 3.74. The summed E-state index contributed by atoms with van der Waals surface area (Å²) in [5.74, 6) is 7.35. The van der Waals surface area contributed by atoms with E-state index >= 15 is 0 Å². The highest BCUT2D eigenvalue weighted by atomic mass is 14.9. The Bertz CT molecular complexity index is 661. The molecule has 0 spiro atoms. The Morgan fingerprint density at radius 2 is 1.70 bits per heavy atom. The predicted octanol–water partition coefficient (Wildman–Crippen LogP) is 4.70. The molecule has 0 aromatic heterocycles. The van der Waals surface area contributed by atoms with Crippen LogP contribution in [0.15, 0.2) is 54.6 Å². The predicted molar refractivity (Wildman–Crippen MR) is 97.1 cm³/mol. The van der Waals surface area contributed by atoms with Gasteiger partial charge in [0, 0.05) is 24.1 Å². The number of hydrogen-bond acceptors (Lipinski definition) is 1. The van der Waals surface area contributed by atoms with Crippen molar-refractivity contribution in [2.24, 2.45) is 5.92 Å². The summed E-state index contributed by atoms with van der Waals surface area (Å²) in [5.41, 5.74) is 3.80. The smallest absolute Gasteiger partial charge is 0.0360 e. The molecule has 0 amide bonds. The normalized spacial score (nSPS) is 20.6. The Kier molecular flexibility index (Phi) is 5.51. The fraction of sp³-hybridized carbons (Fsp3) is 0.364. The van der Waals surface area contributed by atoms with Gasteiger partial charge in [-0.2, -0.15) is 0 Å². The van der Waals surface area contributed by atoms with Crippen LogP contribution in [0.4, 0.5) is 0 Å². The second-order valence-corrected chi connectivity index (χ2v) is 6.50. The summed E-state index contributed by atoms with van der Waals surface area (Å²) >= 11 is 0. The van der Waals surface area contributed by atoms with E-state index in [9.17, 15) is 0 Å². The Morgan fingerprint density at radius 1 is 0.957 bits per heavy atom. The third-order valence-electron chi connectivity index (χ3n) is 4.63. The molecule has 1 nitrogen and oxygen atoms in total. The standard InChI is InChI=1S/C22H25N/c1-18-11-13-20(14-12-18)17-23-22-10-6-5-9-21(22)16-15-19-7-3-2-4-8-19/h2-4,7-8,11-14,21-23H,5-6,9-10,17H2,1H3/t21-,22-/m0/s1. The van der Waals surface area contributed by atoms with Crippen LogP contribution in [0.1, 0.15) is 42.4 Å². The SMILES string of the molecule is Cc1ccc(CN[C@H]2CCCC[C@H]2C#Cc2ccccc2)cc1. The molecule has 0 radical (unpaired) electrons. The van der Waals surface area contributed by atoms with Crippen molar-refractivity contribution in [1.82, 2.24) is 5.32 Å². The van der Waals surface area contributed by atoms with Gasteiger partial charge in [0.1, 0.15) is 0 Å². The van der Waals surface area contributed by atoms with Crippen LogP contribution in [0.5, 0.6) is 0 Å². The van der Waals surface area contributed by atoms with E-state index in [2.05, 4.69) is 72.6 Å². The minimum atomic E-state index is 0.467. The fourth-order valence-corrected chi connectivity index (χ4v) is 3.20. The largest absolute Gasteiger partial charge is 0.309 e. The van der Waals surface area contributed by atoms with Crippen molar-refractivity contribution < 1.29 is 0 Å². The summed E-state index contributed by atoms with van der Waals surface area (Å²) in [4.78, 5) is 0. The fourth-order valence-electron chi connectivity index (χ4n) is 3.20. The molecule has 1 N–H and O–H groups in total. The molecule has 0 heterocycles. The second kappa shape index (κ2) is 7.99. The zero-order valence-corrected chi connectivity index (χ0v) is 13.9. The van der Waals surface area contributed by atoms with Gasteiger partial charge in [0.25, 0.3) is 0 Å². The van der Waals surface area contributed by atoms with Crippen molar-refractivity contribution >= 4 is 0 Å². The van der Waals surface area contributed by atoms with Crippen LogP contribution < -0.4 is 5.32 Å². The Hall–Kier alpha value is -2.04. The van der Waals surface area contributed by atoms with Crippen LogP contribution in [0, 0.1) is 24.7 Å². The van der Waals surface area contributed by atoms with Crippen LogP contribution in [-0.4, -0.2) is 6.04 Å². The van der Waals surface area contributed by atoms with Gasteiger partial charge in [-0.05, 0) is 37.5 Å². The highest BCUT2D eigenvalue weighted by Crippen LogP contribution is 2.24. The van der Waals surface area contributed by atoms with E-state index in [1.165, 1.54) is 36.8 Å². The monoisotopic (exact) mass is 303 g/mol. The maximum Gasteiger partial charge on any atom is 0.0360 e. The first-order valence-electron chi connectivity index (χ1n) is 8.67. The van der Waals surface area contributed by atoms with Gasteiger partial charge < -0.3 is 5.32 Å². The molecular weight excluding hydrogens is 278 g/mol. The molecule has 1 fully saturated rings. The van der Waals surface area contributed by atoms with Gasteiger partial charge in [0.2, 0.25) is 0 Å². The lowest BCUT2D eigenvalue weighted by Gasteiger charge is -2.29. The summed E-state index contributed by atoms with van der Waals surface area (Å²) in [7, 11) is 0. The first-order chi connectivity index (χ1) is 11.3. The van der Waals surface area contributed by atoms with E-state index < -0.39 is 0 Å². The van der Waals surface area contributed by atoms with Crippen molar-refractivity contribution in [3.63, 3.8) is 0 Å². The van der Waals surface area contributed by atoms with E-state index in [0.29, 0.717) is 12.0 Å². The quantitative estimate of drug-likeness (QED) is 0.811. The third-order valence-corrected chi connectivity index (χ3v) is 4.63. The van der Waals surface area contributed by atoms with E-state index in [1.807, 2.05) is 6.07 Å².